The van der Waals surface area contributed by atoms with Crippen LogP contribution in [-0.4, -0.2) is 52.9 Å². The van der Waals surface area contributed by atoms with Crippen LogP contribution in [0.3, 0.4) is 0 Å². The van der Waals surface area contributed by atoms with E-state index in [9.17, 15) is 9.59 Å². The highest BCUT2D eigenvalue weighted by molar-refractivity contribution is 9.10. The van der Waals surface area contributed by atoms with E-state index in [1.54, 1.807) is 30.0 Å². The summed E-state index contributed by atoms with van der Waals surface area (Å²) in [6.45, 7) is 8.44. The fraction of sp³-hybridized carbons (Fsp3) is 0.391. The summed E-state index contributed by atoms with van der Waals surface area (Å²) in [5.74, 6) is 1.31. The first-order valence-electron chi connectivity index (χ1n) is 10.9. The molecule has 1 fully saturated rings. The number of allylic oxidation sites excluding steroid dienone is 2. The molecule has 1 atom stereocenters. The van der Waals surface area contributed by atoms with Crippen LogP contribution < -0.4 is 10.2 Å². The van der Waals surface area contributed by atoms with Crippen molar-refractivity contribution >= 4 is 61.8 Å². The summed E-state index contributed by atoms with van der Waals surface area (Å²) in [5, 5.41) is 4.02. The molecule has 4 rings (SSSR count). The number of nitrogens with one attached hydrogen (secondary N) is 2. The third-order valence-electron chi connectivity index (χ3n) is 5.88. The van der Waals surface area contributed by atoms with Gasteiger partial charge in [0.05, 0.1) is 29.1 Å². The molecular weight excluding hydrogens is 522 g/mol. The van der Waals surface area contributed by atoms with Gasteiger partial charge < -0.3 is 10.2 Å². The Hall–Kier alpha value is -2.01. The number of pyridine rings is 1. The Morgan fingerprint density at radius 2 is 2.06 bits per heavy atom. The molecule has 2 amide bonds. The van der Waals surface area contributed by atoms with Crippen LogP contribution >= 0.6 is 39.0 Å². The maximum atomic E-state index is 13.3. The van der Waals surface area contributed by atoms with Crippen molar-refractivity contribution in [1.82, 2.24) is 14.9 Å². The standard InChI is InChI=1S/C23H26BrN5O2S2/c1-14-11-15(2)18(12-17(14)22(31)29-9-7-28(8-10-29)16(3)30)32-21-13-25-23(33-21)27-20-6-4-5-19(24)26-20/h4-6,12-13,15H,7-11H2,1-3H3,(H,25,26,27)/p+1. The van der Waals surface area contributed by atoms with Crippen molar-refractivity contribution in [2.45, 2.75) is 31.4 Å². The number of anilines is 2. The van der Waals surface area contributed by atoms with Crippen LogP contribution in [0.25, 0.3) is 0 Å². The summed E-state index contributed by atoms with van der Waals surface area (Å²) in [7, 11) is 0. The van der Waals surface area contributed by atoms with Gasteiger partial charge in [0, 0.05) is 6.92 Å². The van der Waals surface area contributed by atoms with E-state index in [-0.39, 0.29) is 11.8 Å². The smallest absolute Gasteiger partial charge is 0.332 e. The Balaban J connectivity index is 1.44. The summed E-state index contributed by atoms with van der Waals surface area (Å²) in [6, 6.07) is 5.70. The van der Waals surface area contributed by atoms with Crippen LogP contribution in [0.15, 0.2) is 55.3 Å². The normalized spacial score (nSPS) is 19.5. The molecule has 10 heteroatoms. The van der Waals surface area contributed by atoms with Crippen molar-refractivity contribution < 1.29 is 14.5 Å². The summed E-state index contributed by atoms with van der Waals surface area (Å²) >= 11 is 6.63. The minimum atomic E-state index is 0.0797. The van der Waals surface area contributed by atoms with Gasteiger partial charge in [-0.05, 0) is 58.3 Å². The number of nitrogens with zero attached hydrogens (tertiary/aromatic N) is 3. The van der Waals surface area contributed by atoms with Crippen molar-refractivity contribution in [3.8, 4) is 0 Å². The fourth-order valence-corrected chi connectivity index (χ4v) is 6.44. The molecular formula is C23H27BrN5O2S2+. The molecule has 1 aliphatic carbocycles. The Bertz CT molecular complexity index is 1120. The molecule has 1 saturated heterocycles. The SMILES string of the molecule is CC(=O)N1CC[NH+](C(=O)C2=C(C)CC(C)C(Sc3cnc(Nc4cccc(Br)n4)s3)=C2)CC1. The molecule has 2 aromatic rings. The number of thioether (sulfide) groups is 1. The van der Waals surface area contributed by atoms with Gasteiger partial charge in [0.15, 0.2) is 5.13 Å². The molecule has 0 spiro atoms. The second-order valence-corrected chi connectivity index (χ2v) is 11.6. The zero-order valence-electron chi connectivity index (χ0n) is 18.9. The minimum absolute atomic E-state index is 0.0797. The molecule has 1 aliphatic heterocycles. The number of carbonyl (C=O) groups is 2. The number of rotatable bonds is 5. The first-order valence-corrected chi connectivity index (χ1v) is 13.3. The van der Waals surface area contributed by atoms with Crippen LogP contribution in [0.4, 0.5) is 10.9 Å². The first-order chi connectivity index (χ1) is 15.8. The maximum Gasteiger partial charge on any atom is 0.344 e. The number of piperazine rings is 1. The van der Waals surface area contributed by atoms with Gasteiger partial charge >= 0.3 is 5.91 Å². The van der Waals surface area contributed by atoms with Gasteiger partial charge in [0.1, 0.15) is 23.5 Å². The molecule has 1 unspecified atom stereocenters. The second-order valence-electron chi connectivity index (χ2n) is 8.34. The first kappa shape index (κ1) is 24.1. The molecule has 0 bridgehead atoms. The van der Waals surface area contributed by atoms with Gasteiger partial charge in [0.25, 0.3) is 0 Å². The molecule has 174 valence electrons. The van der Waals surface area contributed by atoms with E-state index < -0.39 is 0 Å². The number of hydrogen-bond acceptors (Lipinski definition) is 7. The van der Waals surface area contributed by atoms with Crippen LogP contribution in [0.5, 0.6) is 0 Å². The minimum Gasteiger partial charge on any atom is -0.332 e. The molecule has 2 aromatic heterocycles. The molecule has 0 saturated carbocycles. The van der Waals surface area contributed by atoms with E-state index in [1.165, 1.54) is 4.91 Å². The quantitative estimate of drug-likeness (QED) is 0.555. The van der Waals surface area contributed by atoms with E-state index in [0.29, 0.717) is 32.1 Å². The highest BCUT2D eigenvalue weighted by Crippen LogP contribution is 2.42. The van der Waals surface area contributed by atoms with Crippen LogP contribution in [-0.2, 0) is 9.59 Å². The zero-order chi connectivity index (χ0) is 23.5. The van der Waals surface area contributed by atoms with E-state index in [1.807, 2.05) is 29.3 Å². The van der Waals surface area contributed by atoms with E-state index >= 15 is 0 Å². The number of carbonyl (C=O) groups excluding carboxylic acids is 2. The largest absolute Gasteiger partial charge is 0.344 e. The van der Waals surface area contributed by atoms with Gasteiger partial charge in [-0.2, -0.15) is 0 Å². The lowest BCUT2D eigenvalue weighted by Crippen LogP contribution is -3.17. The maximum absolute atomic E-state index is 13.3. The number of quaternary nitrogens is 1. The van der Waals surface area contributed by atoms with Crippen LogP contribution in [0, 0.1) is 5.92 Å². The predicted molar refractivity (Wildman–Crippen MR) is 136 cm³/mol. The topological polar surface area (TPSA) is 79.6 Å². The number of halogens is 1. The van der Waals surface area contributed by atoms with Gasteiger partial charge in [-0.3, -0.25) is 9.69 Å². The third kappa shape index (κ3) is 5.92. The number of aromatic nitrogens is 2. The molecule has 33 heavy (non-hydrogen) atoms. The van der Waals surface area contributed by atoms with Gasteiger partial charge in [-0.1, -0.05) is 41.7 Å². The van der Waals surface area contributed by atoms with Gasteiger partial charge in [-0.15, -0.1) is 0 Å². The molecule has 2 aliphatic rings. The average molecular weight is 550 g/mol. The average Bonchev–Trinajstić information content (AvgIpc) is 3.22. The predicted octanol–water partition coefficient (Wildman–Crippen LogP) is 3.65. The summed E-state index contributed by atoms with van der Waals surface area (Å²) in [4.78, 5) is 37.7. The number of thiazole rings is 1. The lowest BCUT2D eigenvalue weighted by atomic mass is 9.90. The fourth-order valence-electron chi connectivity index (χ4n) is 4.04. The Morgan fingerprint density at radius 1 is 1.30 bits per heavy atom. The number of amides is 2. The van der Waals surface area contributed by atoms with Crippen LogP contribution in [0.2, 0.25) is 0 Å². The van der Waals surface area contributed by atoms with Crippen LogP contribution in [0.1, 0.15) is 27.2 Å². The second kappa shape index (κ2) is 10.5. The molecule has 2 N–H and O–H groups in total. The summed E-state index contributed by atoms with van der Waals surface area (Å²) in [5.41, 5.74) is 1.97. The van der Waals surface area contributed by atoms with Crippen molar-refractivity contribution in [3.05, 3.63) is 51.1 Å². The Labute approximate surface area is 210 Å². The molecule has 7 nitrogen and oxygen atoms in total. The van der Waals surface area contributed by atoms with Crippen molar-refractivity contribution in [2.75, 3.05) is 31.5 Å². The van der Waals surface area contributed by atoms with Gasteiger partial charge in [0.2, 0.25) is 5.91 Å². The third-order valence-corrected chi connectivity index (χ3v) is 8.59. The molecule has 0 radical (unpaired) electrons. The van der Waals surface area contributed by atoms with E-state index in [2.05, 4.69) is 51.1 Å². The Morgan fingerprint density at radius 3 is 2.76 bits per heavy atom. The van der Waals surface area contributed by atoms with Crippen molar-refractivity contribution in [3.63, 3.8) is 0 Å². The van der Waals surface area contributed by atoms with Crippen molar-refractivity contribution in [1.29, 1.82) is 0 Å². The Kier molecular flexibility index (Phi) is 7.68. The lowest BCUT2D eigenvalue weighted by molar-refractivity contribution is -0.823. The zero-order valence-corrected chi connectivity index (χ0v) is 22.1. The highest BCUT2D eigenvalue weighted by atomic mass is 79.9. The molecule has 3 heterocycles. The lowest BCUT2D eigenvalue weighted by Gasteiger charge is -2.31. The highest BCUT2D eigenvalue weighted by Gasteiger charge is 2.32. The van der Waals surface area contributed by atoms with E-state index in [0.717, 1.165) is 42.2 Å². The van der Waals surface area contributed by atoms with Gasteiger partial charge in [-0.25, -0.2) is 14.8 Å². The molecule has 0 aromatic carbocycles. The summed E-state index contributed by atoms with van der Waals surface area (Å²) < 4.78 is 1.84. The number of hydrogen-bond donors (Lipinski definition) is 2. The van der Waals surface area contributed by atoms with Crippen molar-refractivity contribution in [2.24, 2.45) is 5.92 Å². The monoisotopic (exact) mass is 548 g/mol. The summed E-state index contributed by atoms with van der Waals surface area (Å²) in [6.07, 6.45) is 4.81. The van der Waals surface area contributed by atoms with E-state index in [4.69, 9.17) is 0 Å².